The lowest BCUT2D eigenvalue weighted by molar-refractivity contribution is 0.352. The van der Waals surface area contributed by atoms with Crippen molar-refractivity contribution in [3.63, 3.8) is 0 Å². The maximum atomic E-state index is 5.48. The molecule has 6 nitrogen and oxygen atoms in total. The van der Waals surface area contributed by atoms with E-state index < -0.39 is 0 Å². The van der Waals surface area contributed by atoms with E-state index in [4.69, 9.17) is 10.3 Å². The third-order valence-electron chi connectivity index (χ3n) is 2.69. The number of aromatic nitrogens is 4. The summed E-state index contributed by atoms with van der Waals surface area (Å²) < 4.78 is 5.23. The lowest BCUT2D eigenvalue weighted by Gasteiger charge is -2.03. The van der Waals surface area contributed by atoms with Crippen molar-refractivity contribution in [1.29, 1.82) is 0 Å². The van der Waals surface area contributed by atoms with Crippen LogP contribution in [0.1, 0.15) is 37.1 Å². The molecule has 2 N–H and O–H groups in total. The Labute approximate surface area is 106 Å². The average Bonchev–Trinajstić information content (AvgIpc) is 2.86. The maximum absolute atomic E-state index is 5.48. The molecule has 96 valence electrons. The summed E-state index contributed by atoms with van der Waals surface area (Å²) in [5, 5.41) is 3.90. The molecule has 0 amide bonds. The summed E-state index contributed by atoms with van der Waals surface area (Å²) in [7, 11) is 0. The van der Waals surface area contributed by atoms with Gasteiger partial charge in [0.25, 0.3) is 0 Å². The van der Waals surface area contributed by atoms with Gasteiger partial charge in [-0.15, -0.1) is 0 Å². The summed E-state index contributed by atoms with van der Waals surface area (Å²) in [6, 6.07) is 0. The summed E-state index contributed by atoms with van der Waals surface area (Å²) in [4.78, 5) is 12.7. The van der Waals surface area contributed by atoms with Gasteiger partial charge in [0.05, 0.1) is 0 Å². The first kappa shape index (κ1) is 12.6. The Morgan fingerprint density at radius 2 is 2.00 bits per heavy atom. The van der Waals surface area contributed by atoms with Crippen LogP contribution in [0.4, 0.5) is 0 Å². The summed E-state index contributed by atoms with van der Waals surface area (Å²) in [6.45, 7) is 4.65. The molecule has 0 radical (unpaired) electrons. The highest BCUT2D eigenvalue weighted by Gasteiger charge is 2.16. The first-order valence-corrected chi connectivity index (χ1v) is 6.03. The second kappa shape index (κ2) is 5.68. The number of rotatable bonds is 5. The number of nitrogens with two attached hydrogens (primary N) is 1. The van der Waals surface area contributed by atoms with Crippen LogP contribution in [-0.2, 0) is 0 Å². The highest BCUT2D eigenvalue weighted by atomic mass is 16.5. The van der Waals surface area contributed by atoms with Crippen molar-refractivity contribution in [1.82, 2.24) is 20.1 Å². The Morgan fingerprint density at radius 3 is 2.67 bits per heavy atom. The molecule has 1 atom stereocenters. The highest BCUT2D eigenvalue weighted by Crippen LogP contribution is 2.20. The van der Waals surface area contributed by atoms with Crippen molar-refractivity contribution >= 4 is 0 Å². The molecule has 0 saturated carbocycles. The van der Waals surface area contributed by atoms with Crippen LogP contribution in [0.2, 0.25) is 0 Å². The molecule has 0 spiro atoms. The fourth-order valence-electron chi connectivity index (χ4n) is 1.58. The maximum Gasteiger partial charge on any atom is 0.240 e. The van der Waals surface area contributed by atoms with Crippen LogP contribution in [0.15, 0.2) is 16.9 Å². The Hall–Kier alpha value is -1.82. The fourth-order valence-corrected chi connectivity index (χ4v) is 1.58. The molecule has 2 heterocycles. The van der Waals surface area contributed by atoms with E-state index in [2.05, 4.69) is 20.1 Å². The zero-order chi connectivity index (χ0) is 13.0. The van der Waals surface area contributed by atoms with Gasteiger partial charge in [-0.1, -0.05) is 12.1 Å². The minimum absolute atomic E-state index is 0.209. The molecule has 0 bridgehead atoms. The smallest absolute Gasteiger partial charge is 0.240 e. The molecular formula is C12H17N5O. The highest BCUT2D eigenvalue weighted by molar-refractivity contribution is 5.41. The second-order valence-electron chi connectivity index (χ2n) is 4.37. The first-order chi connectivity index (χ1) is 8.70. The predicted molar refractivity (Wildman–Crippen MR) is 66.8 cm³/mol. The third-order valence-corrected chi connectivity index (χ3v) is 2.69. The monoisotopic (exact) mass is 247 g/mol. The van der Waals surface area contributed by atoms with E-state index in [0.717, 1.165) is 18.4 Å². The van der Waals surface area contributed by atoms with Gasteiger partial charge in [0, 0.05) is 18.3 Å². The van der Waals surface area contributed by atoms with Gasteiger partial charge >= 0.3 is 0 Å². The van der Waals surface area contributed by atoms with Gasteiger partial charge < -0.3 is 10.3 Å². The molecular weight excluding hydrogens is 230 g/mol. The van der Waals surface area contributed by atoms with E-state index in [9.17, 15) is 0 Å². The molecule has 0 saturated heterocycles. The van der Waals surface area contributed by atoms with Crippen LogP contribution >= 0.6 is 0 Å². The number of hydrogen-bond donors (Lipinski definition) is 1. The molecule has 2 aromatic heterocycles. The predicted octanol–water partition coefficient (Wildman–Crippen LogP) is 1.68. The zero-order valence-corrected chi connectivity index (χ0v) is 10.6. The minimum atomic E-state index is 0.209. The Bertz CT molecular complexity index is 493. The normalized spacial score (nSPS) is 12.6. The van der Waals surface area contributed by atoms with Crippen LogP contribution in [-0.4, -0.2) is 26.7 Å². The molecule has 0 aliphatic carbocycles. The largest absolute Gasteiger partial charge is 0.339 e. The van der Waals surface area contributed by atoms with Crippen molar-refractivity contribution in [3.05, 3.63) is 23.8 Å². The molecule has 6 heteroatoms. The van der Waals surface area contributed by atoms with Crippen molar-refractivity contribution in [2.45, 2.75) is 32.6 Å². The summed E-state index contributed by atoms with van der Waals surface area (Å²) in [5.74, 6) is 1.74. The Balaban J connectivity index is 2.12. The first-order valence-electron chi connectivity index (χ1n) is 6.03. The van der Waals surface area contributed by atoms with Crippen molar-refractivity contribution in [3.8, 4) is 11.6 Å². The molecule has 2 aromatic rings. The van der Waals surface area contributed by atoms with Crippen LogP contribution in [0.5, 0.6) is 0 Å². The van der Waals surface area contributed by atoms with Crippen LogP contribution < -0.4 is 5.73 Å². The van der Waals surface area contributed by atoms with Gasteiger partial charge in [-0.05, 0) is 31.9 Å². The van der Waals surface area contributed by atoms with Gasteiger partial charge in [-0.25, -0.2) is 9.97 Å². The van der Waals surface area contributed by atoms with E-state index in [1.165, 1.54) is 0 Å². The number of hydrogen-bond acceptors (Lipinski definition) is 6. The molecule has 0 aromatic carbocycles. The molecule has 18 heavy (non-hydrogen) atoms. The summed E-state index contributed by atoms with van der Waals surface area (Å²) in [5.41, 5.74) is 6.48. The molecule has 2 rings (SSSR count). The standard InChI is InChI=1S/C12H17N5O/c1-8-6-14-10(15-7-8)11-16-12(18-17-11)9(2)4-3-5-13/h6-7,9H,3-5,13H2,1-2H3. The molecule has 1 unspecified atom stereocenters. The Kier molecular flexibility index (Phi) is 3.99. The Morgan fingerprint density at radius 1 is 1.28 bits per heavy atom. The van der Waals surface area contributed by atoms with Crippen molar-refractivity contribution in [2.75, 3.05) is 6.54 Å². The van der Waals surface area contributed by atoms with E-state index >= 15 is 0 Å². The van der Waals surface area contributed by atoms with Crippen LogP contribution in [0.25, 0.3) is 11.6 Å². The number of aryl methyl sites for hydroxylation is 1. The fraction of sp³-hybridized carbons (Fsp3) is 0.500. The van der Waals surface area contributed by atoms with Crippen LogP contribution in [0, 0.1) is 6.92 Å². The van der Waals surface area contributed by atoms with E-state index in [0.29, 0.717) is 24.1 Å². The van der Waals surface area contributed by atoms with Crippen molar-refractivity contribution < 1.29 is 4.52 Å². The minimum Gasteiger partial charge on any atom is -0.339 e. The quantitative estimate of drug-likeness (QED) is 0.864. The van der Waals surface area contributed by atoms with Gasteiger partial charge in [-0.3, -0.25) is 0 Å². The topological polar surface area (TPSA) is 90.7 Å². The van der Waals surface area contributed by atoms with Gasteiger partial charge in [0.2, 0.25) is 17.5 Å². The van der Waals surface area contributed by atoms with E-state index in [1.807, 2.05) is 13.8 Å². The lowest BCUT2D eigenvalue weighted by atomic mass is 10.1. The molecule has 0 aliphatic rings. The van der Waals surface area contributed by atoms with Crippen LogP contribution in [0.3, 0.4) is 0 Å². The molecule has 0 aliphatic heterocycles. The number of nitrogens with zero attached hydrogens (tertiary/aromatic N) is 4. The third kappa shape index (κ3) is 2.89. The van der Waals surface area contributed by atoms with Gasteiger partial charge in [-0.2, -0.15) is 4.98 Å². The van der Waals surface area contributed by atoms with Crippen molar-refractivity contribution in [2.24, 2.45) is 5.73 Å². The second-order valence-corrected chi connectivity index (χ2v) is 4.37. The zero-order valence-electron chi connectivity index (χ0n) is 10.6. The average molecular weight is 247 g/mol. The molecule has 0 fully saturated rings. The summed E-state index contributed by atoms with van der Waals surface area (Å²) >= 11 is 0. The van der Waals surface area contributed by atoms with Gasteiger partial charge in [0.1, 0.15) is 0 Å². The van der Waals surface area contributed by atoms with E-state index in [1.54, 1.807) is 12.4 Å². The lowest BCUT2D eigenvalue weighted by Crippen LogP contribution is -2.02. The summed E-state index contributed by atoms with van der Waals surface area (Å²) in [6.07, 6.45) is 5.35. The van der Waals surface area contributed by atoms with E-state index in [-0.39, 0.29) is 5.92 Å². The van der Waals surface area contributed by atoms with Gasteiger partial charge in [0.15, 0.2) is 0 Å². The SMILES string of the molecule is Cc1cnc(-c2noc(C(C)CCCN)n2)nc1.